The Balaban J connectivity index is 1.71. The van der Waals surface area contributed by atoms with Crippen molar-refractivity contribution in [3.8, 4) is 0 Å². The average Bonchev–Trinajstić information content (AvgIpc) is 3.03. The van der Waals surface area contributed by atoms with Gasteiger partial charge in [-0.2, -0.15) is 0 Å². The van der Waals surface area contributed by atoms with Gasteiger partial charge in [-0.15, -0.1) is 0 Å². The maximum Gasteiger partial charge on any atom is 0.303 e. The molecule has 0 bridgehead atoms. The molecule has 0 aliphatic carbocycles. The Morgan fingerprint density at radius 3 is 2.76 bits per heavy atom. The van der Waals surface area contributed by atoms with Crippen LogP contribution in [0.3, 0.4) is 0 Å². The number of unbranched alkanes of at least 4 members (excludes halogenated alkanes) is 3. The Morgan fingerprint density at radius 1 is 1.24 bits per heavy atom. The first kappa shape index (κ1) is 23.4. The summed E-state index contributed by atoms with van der Waals surface area (Å²) in [5, 5.41) is 19.1. The minimum atomic E-state index is -0.747. The van der Waals surface area contributed by atoms with Crippen molar-refractivity contribution in [2.45, 2.75) is 83.0 Å². The summed E-state index contributed by atoms with van der Waals surface area (Å²) in [6.45, 7) is 1.31. The Kier molecular flexibility index (Phi) is 10.2. The molecule has 0 saturated carbocycles. The molecule has 1 aromatic rings. The Labute approximate surface area is 173 Å². The second kappa shape index (κ2) is 12.6. The molecule has 1 aliphatic heterocycles. The maximum atomic E-state index is 12.2. The maximum absolute atomic E-state index is 12.2. The number of carboxylic acid groups (broad SMARTS) is 1. The van der Waals surface area contributed by atoms with Crippen LogP contribution >= 0.6 is 0 Å². The molecule has 2 rings (SSSR count). The molecule has 1 saturated heterocycles. The smallest absolute Gasteiger partial charge is 0.303 e. The molecular formula is C23H35NO5. The van der Waals surface area contributed by atoms with Gasteiger partial charge < -0.3 is 19.8 Å². The molecule has 1 aromatic carbocycles. The van der Waals surface area contributed by atoms with Crippen LogP contribution in [0.1, 0.15) is 68.9 Å². The van der Waals surface area contributed by atoms with E-state index in [0.29, 0.717) is 32.3 Å². The fourth-order valence-electron chi connectivity index (χ4n) is 4.08. The van der Waals surface area contributed by atoms with Crippen molar-refractivity contribution in [2.24, 2.45) is 0 Å². The number of ether oxygens (including phenoxy) is 1. The van der Waals surface area contributed by atoms with Crippen LogP contribution in [0.4, 0.5) is 0 Å². The van der Waals surface area contributed by atoms with E-state index in [-0.39, 0.29) is 18.4 Å². The summed E-state index contributed by atoms with van der Waals surface area (Å²) in [4.78, 5) is 24.7. The van der Waals surface area contributed by atoms with Gasteiger partial charge in [-0.3, -0.25) is 9.59 Å². The molecule has 1 aliphatic rings. The molecule has 29 heavy (non-hydrogen) atoms. The van der Waals surface area contributed by atoms with Gasteiger partial charge >= 0.3 is 5.97 Å². The zero-order chi connectivity index (χ0) is 21.1. The normalized spacial score (nSPS) is 17.7. The molecule has 1 amide bonds. The first-order valence-electron chi connectivity index (χ1n) is 10.8. The van der Waals surface area contributed by atoms with Crippen LogP contribution in [0.2, 0.25) is 0 Å². The Hall–Kier alpha value is -1.92. The van der Waals surface area contributed by atoms with E-state index in [4.69, 9.17) is 9.84 Å². The summed E-state index contributed by atoms with van der Waals surface area (Å²) in [7, 11) is 1.67. The van der Waals surface area contributed by atoms with Crippen LogP contribution < -0.4 is 0 Å². The second-order valence-corrected chi connectivity index (χ2v) is 8.03. The highest BCUT2D eigenvalue weighted by atomic mass is 16.5. The molecule has 6 heteroatoms. The van der Waals surface area contributed by atoms with Crippen molar-refractivity contribution in [1.29, 1.82) is 0 Å². The van der Waals surface area contributed by atoms with Gasteiger partial charge in [0.1, 0.15) is 0 Å². The Bertz CT molecular complexity index is 648. The highest BCUT2D eigenvalue weighted by molar-refractivity contribution is 5.78. The monoisotopic (exact) mass is 405 g/mol. The predicted octanol–water partition coefficient (Wildman–Crippen LogP) is 3.54. The van der Waals surface area contributed by atoms with Crippen LogP contribution in [0.25, 0.3) is 0 Å². The predicted molar refractivity (Wildman–Crippen MR) is 112 cm³/mol. The van der Waals surface area contributed by atoms with Gasteiger partial charge in [0.2, 0.25) is 5.91 Å². The van der Waals surface area contributed by atoms with Gasteiger partial charge in [-0.25, -0.2) is 0 Å². The van der Waals surface area contributed by atoms with E-state index in [1.165, 1.54) is 0 Å². The van der Waals surface area contributed by atoms with Crippen molar-refractivity contribution in [2.75, 3.05) is 13.7 Å². The fraction of sp³-hybridized carbons (Fsp3) is 0.652. The number of carboxylic acids is 1. The van der Waals surface area contributed by atoms with Crippen LogP contribution in [0, 0.1) is 0 Å². The van der Waals surface area contributed by atoms with Gasteiger partial charge in [-0.05, 0) is 49.7 Å². The summed E-state index contributed by atoms with van der Waals surface area (Å²) in [6, 6.07) is 8.32. The summed E-state index contributed by atoms with van der Waals surface area (Å²) < 4.78 is 5.16. The number of carbonyl (C=O) groups is 2. The molecule has 0 radical (unpaired) electrons. The van der Waals surface area contributed by atoms with Gasteiger partial charge in [-0.1, -0.05) is 37.1 Å². The minimum absolute atomic E-state index is 0.210. The summed E-state index contributed by atoms with van der Waals surface area (Å²) in [6.07, 6.45) is 6.84. The van der Waals surface area contributed by atoms with E-state index in [0.717, 1.165) is 49.8 Å². The van der Waals surface area contributed by atoms with Crippen molar-refractivity contribution >= 4 is 11.9 Å². The molecule has 6 nitrogen and oxygen atoms in total. The largest absolute Gasteiger partial charge is 0.481 e. The number of aliphatic hydroxyl groups excluding tert-OH is 1. The number of aliphatic hydroxyl groups is 1. The lowest BCUT2D eigenvalue weighted by atomic mass is 9.99. The third kappa shape index (κ3) is 8.54. The average molecular weight is 406 g/mol. The van der Waals surface area contributed by atoms with Crippen LogP contribution in [0.15, 0.2) is 24.3 Å². The molecule has 0 spiro atoms. The van der Waals surface area contributed by atoms with E-state index in [1.807, 2.05) is 23.1 Å². The van der Waals surface area contributed by atoms with E-state index in [9.17, 15) is 14.7 Å². The Morgan fingerprint density at radius 2 is 2.00 bits per heavy atom. The summed E-state index contributed by atoms with van der Waals surface area (Å²) in [5.41, 5.74) is 2.21. The highest BCUT2D eigenvalue weighted by Crippen LogP contribution is 2.24. The molecule has 1 fully saturated rings. The van der Waals surface area contributed by atoms with Crippen molar-refractivity contribution in [3.05, 3.63) is 35.4 Å². The third-order valence-corrected chi connectivity index (χ3v) is 5.60. The standard InChI is InChI=1S/C23H35NO5/c1-29-17-19-8-6-7-18(15-19)16-21(25)12-10-20-11-13-22(26)24(20)14-5-3-2-4-9-23(27)28/h6-8,15,20-21,25H,2-5,9-14,16-17H2,1H3,(H,27,28)/t20-,21?/m0/s1. The van der Waals surface area contributed by atoms with E-state index in [1.54, 1.807) is 7.11 Å². The van der Waals surface area contributed by atoms with Gasteiger partial charge in [0.25, 0.3) is 0 Å². The number of likely N-dealkylation sites (tertiary alicyclic amines) is 1. The SMILES string of the molecule is COCc1cccc(CC(O)CC[C@H]2CCC(=O)N2CCCCCCC(=O)O)c1. The van der Waals surface area contributed by atoms with E-state index >= 15 is 0 Å². The zero-order valence-corrected chi connectivity index (χ0v) is 17.5. The van der Waals surface area contributed by atoms with E-state index in [2.05, 4.69) is 6.07 Å². The van der Waals surface area contributed by atoms with E-state index < -0.39 is 12.1 Å². The minimum Gasteiger partial charge on any atom is -0.481 e. The van der Waals surface area contributed by atoms with Gasteiger partial charge in [0.05, 0.1) is 12.7 Å². The summed E-state index contributed by atoms with van der Waals surface area (Å²) >= 11 is 0. The van der Waals surface area contributed by atoms with Crippen LogP contribution in [-0.2, 0) is 27.4 Å². The molecule has 2 atom stereocenters. The number of nitrogens with zero attached hydrogens (tertiary/aromatic N) is 1. The van der Waals surface area contributed by atoms with Crippen molar-refractivity contribution < 1.29 is 24.5 Å². The number of rotatable bonds is 14. The summed E-state index contributed by atoms with van der Waals surface area (Å²) in [5.74, 6) is -0.536. The van der Waals surface area contributed by atoms with Gasteiger partial charge in [0.15, 0.2) is 0 Å². The zero-order valence-electron chi connectivity index (χ0n) is 17.5. The molecular weight excluding hydrogens is 370 g/mol. The number of hydrogen-bond acceptors (Lipinski definition) is 4. The first-order valence-corrected chi connectivity index (χ1v) is 10.8. The van der Waals surface area contributed by atoms with Crippen LogP contribution in [0.5, 0.6) is 0 Å². The molecule has 0 aromatic heterocycles. The van der Waals surface area contributed by atoms with Crippen molar-refractivity contribution in [3.63, 3.8) is 0 Å². The lowest BCUT2D eigenvalue weighted by Crippen LogP contribution is -2.34. The highest BCUT2D eigenvalue weighted by Gasteiger charge is 2.30. The number of methoxy groups -OCH3 is 1. The fourth-order valence-corrected chi connectivity index (χ4v) is 4.08. The number of amides is 1. The lowest BCUT2D eigenvalue weighted by Gasteiger charge is -2.26. The quantitative estimate of drug-likeness (QED) is 0.462. The third-order valence-electron chi connectivity index (χ3n) is 5.60. The molecule has 1 unspecified atom stereocenters. The van der Waals surface area contributed by atoms with Crippen LogP contribution in [-0.4, -0.2) is 52.8 Å². The number of hydrogen-bond donors (Lipinski definition) is 2. The van der Waals surface area contributed by atoms with Crippen molar-refractivity contribution in [1.82, 2.24) is 4.90 Å². The topological polar surface area (TPSA) is 87.1 Å². The molecule has 1 heterocycles. The molecule has 162 valence electrons. The molecule has 2 N–H and O–H groups in total. The number of carbonyl (C=O) groups excluding carboxylic acids is 1. The number of benzene rings is 1. The van der Waals surface area contributed by atoms with Gasteiger partial charge in [0, 0.05) is 32.5 Å². The lowest BCUT2D eigenvalue weighted by molar-refractivity contribution is -0.137. The second-order valence-electron chi connectivity index (χ2n) is 8.03. The number of aliphatic carboxylic acids is 1. The first-order chi connectivity index (χ1) is 14.0.